The van der Waals surface area contributed by atoms with E-state index >= 15 is 0 Å². The van der Waals surface area contributed by atoms with E-state index < -0.39 is 22.9 Å². The number of hydrogen-bond acceptors (Lipinski definition) is 5. The molecule has 0 saturated heterocycles. The normalized spacial score (nSPS) is 10.9. The van der Waals surface area contributed by atoms with Crippen molar-refractivity contribution in [3.8, 4) is 17.2 Å². The van der Waals surface area contributed by atoms with Crippen molar-refractivity contribution in [1.29, 1.82) is 0 Å². The summed E-state index contributed by atoms with van der Waals surface area (Å²) in [5, 5.41) is 10.8. The highest BCUT2D eigenvalue weighted by Crippen LogP contribution is 2.26. The number of carboxylic acid groups (broad SMARTS) is 1. The first kappa shape index (κ1) is 25.3. The van der Waals surface area contributed by atoms with Crippen LogP contribution in [0.15, 0.2) is 47.4 Å². The van der Waals surface area contributed by atoms with Gasteiger partial charge in [0, 0.05) is 34.6 Å². The third kappa shape index (κ3) is 5.96. The fourth-order valence-electron chi connectivity index (χ4n) is 3.66. The second kappa shape index (κ2) is 11.7. The number of benzene rings is 2. The highest BCUT2D eigenvalue weighted by Gasteiger charge is 2.17. The first-order valence-corrected chi connectivity index (χ1v) is 12.1. The van der Waals surface area contributed by atoms with Crippen LogP contribution in [0.4, 0.5) is 0 Å². The van der Waals surface area contributed by atoms with Crippen LogP contribution in [0.3, 0.4) is 0 Å². The van der Waals surface area contributed by atoms with Crippen LogP contribution in [0.25, 0.3) is 16.6 Å². The highest BCUT2D eigenvalue weighted by atomic mass is 79.9. The minimum Gasteiger partial charge on any atom is -0.497 e. The molecule has 1 aromatic heterocycles. The fraction of sp³-hybridized carbons (Fsp3) is 0.320. The number of unbranched alkanes of at least 4 members (excludes halogenated alkanes) is 4. The molecule has 3 N–H and O–H groups in total. The monoisotopic (exact) mass is 530 g/mol. The molecular weight excluding hydrogens is 504 g/mol. The second-order valence-electron chi connectivity index (χ2n) is 7.82. The molecule has 0 saturated carbocycles. The largest absolute Gasteiger partial charge is 0.497 e. The van der Waals surface area contributed by atoms with Gasteiger partial charge in [0.2, 0.25) is 11.3 Å². The van der Waals surface area contributed by atoms with Gasteiger partial charge in [-0.2, -0.15) is 0 Å². The number of ether oxygens (including phenoxy) is 2. The van der Waals surface area contributed by atoms with Crippen molar-refractivity contribution in [1.82, 2.24) is 4.57 Å². The number of aromatic carboxylic acids is 1. The zero-order valence-electron chi connectivity index (χ0n) is 18.9. The number of aromatic nitrogens is 1. The number of nitrogens with two attached hydrogens (primary N) is 1. The van der Waals surface area contributed by atoms with E-state index in [9.17, 15) is 19.5 Å². The molecule has 0 aliphatic heterocycles. The average Bonchev–Trinajstić information content (AvgIpc) is 2.83. The molecule has 0 fully saturated rings. The lowest BCUT2D eigenvalue weighted by Crippen LogP contribution is -2.19. The van der Waals surface area contributed by atoms with E-state index in [2.05, 4.69) is 15.9 Å². The van der Waals surface area contributed by atoms with Gasteiger partial charge in [-0.1, -0.05) is 35.2 Å². The number of nitrogens with zero attached hydrogens (tertiary/aromatic N) is 1. The summed E-state index contributed by atoms with van der Waals surface area (Å²) < 4.78 is 12.7. The third-order valence-corrected chi connectivity index (χ3v) is 6.00. The van der Waals surface area contributed by atoms with Gasteiger partial charge in [-0.3, -0.25) is 9.59 Å². The van der Waals surface area contributed by atoms with Crippen LogP contribution in [-0.4, -0.2) is 40.6 Å². The molecule has 2 aromatic carbocycles. The maximum absolute atomic E-state index is 12.8. The van der Waals surface area contributed by atoms with Crippen molar-refractivity contribution < 1.29 is 24.2 Å². The second-order valence-corrected chi connectivity index (χ2v) is 8.61. The van der Waals surface area contributed by atoms with Crippen LogP contribution in [0, 0.1) is 0 Å². The lowest BCUT2D eigenvalue weighted by atomic mass is 10.1. The standard InChI is InChI=1S/C25H27BrN2O6/c1-33-19-12-16(24(27)30)11-17(13-19)28-15-21(25(31)32)23(29)20-8-7-18(14-22(20)28)34-10-6-4-2-3-5-9-26/h7-8,11-15H,2-6,9-10H2,1H3,(H2,27,30)(H,31,32). The number of carbonyl (C=O) groups is 2. The molecule has 180 valence electrons. The van der Waals surface area contributed by atoms with Crippen molar-refractivity contribution in [2.24, 2.45) is 5.73 Å². The molecule has 0 spiro atoms. The van der Waals surface area contributed by atoms with Gasteiger partial charge >= 0.3 is 5.97 Å². The van der Waals surface area contributed by atoms with Gasteiger partial charge in [-0.05, 0) is 37.1 Å². The number of halogens is 1. The van der Waals surface area contributed by atoms with E-state index in [4.69, 9.17) is 15.2 Å². The molecule has 0 radical (unpaired) electrons. The minimum absolute atomic E-state index is 0.186. The summed E-state index contributed by atoms with van der Waals surface area (Å²) in [7, 11) is 1.45. The van der Waals surface area contributed by atoms with Crippen molar-refractivity contribution in [2.45, 2.75) is 32.1 Å². The van der Waals surface area contributed by atoms with Crippen LogP contribution < -0.4 is 20.6 Å². The molecule has 0 unspecified atom stereocenters. The molecule has 1 heterocycles. The number of hydrogen-bond donors (Lipinski definition) is 2. The Morgan fingerprint density at radius 2 is 1.76 bits per heavy atom. The summed E-state index contributed by atoms with van der Waals surface area (Å²) in [6.45, 7) is 0.530. The molecule has 0 aliphatic rings. The number of pyridine rings is 1. The summed E-state index contributed by atoms with van der Waals surface area (Å²) in [4.78, 5) is 36.4. The van der Waals surface area contributed by atoms with E-state index in [-0.39, 0.29) is 10.9 Å². The third-order valence-electron chi connectivity index (χ3n) is 5.44. The van der Waals surface area contributed by atoms with Gasteiger partial charge < -0.3 is 24.9 Å². The van der Waals surface area contributed by atoms with Crippen LogP contribution in [0.1, 0.15) is 52.8 Å². The number of amides is 1. The molecule has 8 nitrogen and oxygen atoms in total. The minimum atomic E-state index is -1.35. The summed E-state index contributed by atoms with van der Waals surface area (Å²) >= 11 is 3.43. The molecular formula is C25H27BrN2O6. The van der Waals surface area contributed by atoms with E-state index in [0.717, 1.165) is 31.0 Å². The van der Waals surface area contributed by atoms with Gasteiger partial charge in [0.15, 0.2) is 0 Å². The quantitative estimate of drug-likeness (QED) is 0.262. The predicted molar refractivity (Wildman–Crippen MR) is 134 cm³/mol. The van der Waals surface area contributed by atoms with E-state index in [1.807, 2.05) is 0 Å². The molecule has 34 heavy (non-hydrogen) atoms. The molecule has 0 atom stereocenters. The number of alkyl halides is 1. The zero-order valence-corrected chi connectivity index (χ0v) is 20.5. The summed E-state index contributed by atoms with van der Waals surface area (Å²) in [5.74, 6) is -1.09. The lowest BCUT2D eigenvalue weighted by molar-refractivity contribution is 0.0694. The summed E-state index contributed by atoms with van der Waals surface area (Å²) in [5.41, 5.74) is 5.51. The lowest BCUT2D eigenvalue weighted by Gasteiger charge is -2.16. The smallest absolute Gasteiger partial charge is 0.341 e. The van der Waals surface area contributed by atoms with Gasteiger partial charge in [-0.25, -0.2) is 4.79 Å². The topological polar surface area (TPSA) is 121 Å². The Morgan fingerprint density at radius 3 is 2.44 bits per heavy atom. The van der Waals surface area contributed by atoms with Crippen molar-refractivity contribution in [3.63, 3.8) is 0 Å². The Kier molecular flexibility index (Phi) is 8.70. The van der Waals surface area contributed by atoms with Crippen molar-refractivity contribution in [3.05, 3.63) is 63.9 Å². The summed E-state index contributed by atoms with van der Waals surface area (Å²) in [6, 6.07) is 9.53. The molecule has 3 rings (SSSR count). The van der Waals surface area contributed by atoms with Crippen LogP contribution in [-0.2, 0) is 0 Å². The van der Waals surface area contributed by atoms with Gasteiger partial charge in [0.25, 0.3) is 0 Å². The first-order chi connectivity index (χ1) is 16.3. The Hall–Kier alpha value is -3.33. The Balaban J connectivity index is 2.02. The average molecular weight is 531 g/mol. The maximum atomic E-state index is 12.8. The first-order valence-electron chi connectivity index (χ1n) is 11.0. The predicted octanol–water partition coefficient (Wildman–Crippen LogP) is 4.52. The van der Waals surface area contributed by atoms with Crippen LogP contribution in [0.2, 0.25) is 0 Å². The molecule has 0 bridgehead atoms. The van der Waals surface area contributed by atoms with E-state index in [0.29, 0.717) is 29.3 Å². The molecule has 9 heteroatoms. The SMILES string of the molecule is COc1cc(C(N)=O)cc(-n2cc(C(=O)O)c(=O)c3ccc(OCCCCCCCBr)cc32)c1. The van der Waals surface area contributed by atoms with Gasteiger partial charge in [0.05, 0.1) is 24.9 Å². The van der Waals surface area contributed by atoms with Gasteiger partial charge in [-0.15, -0.1) is 0 Å². The highest BCUT2D eigenvalue weighted by molar-refractivity contribution is 9.09. The van der Waals surface area contributed by atoms with E-state index in [1.54, 1.807) is 24.3 Å². The van der Waals surface area contributed by atoms with Crippen LogP contribution >= 0.6 is 15.9 Å². The van der Waals surface area contributed by atoms with Crippen LogP contribution in [0.5, 0.6) is 11.5 Å². The molecule has 1 amide bonds. The Bertz CT molecular complexity index is 1250. The number of fused-ring (bicyclic) bond motifs is 1. The number of carboxylic acids is 1. The Morgan fingerprint density at radius 1 is 1.03 bits per heavy atom. The molecule has 3 aromatic rings. The number of rotatable bonds is 12. The number of methoxy groups -OCH3 is 1. The Labute approximate surface area is 205 Å². The fourth-order valence-corrected chi connectivity index (χ4v) is 4.06. The zero-order chi connectivity index (χ0) is 24.7. The van der Waals surface area contributed by atoms with Crippen molar-refractivity contribution >= 4 is 38.7 Å². The van der Waals surface area contributed by atoms with E-state index in [1.165, 1.54) is 36.4 Å². The molecule has 0 aliphatic carbocycles. The number of carbonyl (C=O) groups excluding carboxylic acids is 1. The number of primary amides is 1. The summed E-state index contributed by atoms with van der Waals surface area (Å²) in [6.07, 6.45) is 6.68. The maximum Gasteiger partial charge on any atom is 0.341 e. The van der Waals surface area contributed by atoms with Gasteiger partial charge in [0.1, 0.15) is 17.1 Å². The van der Waals surface area contributed by atoms with Crippen molar-refractivity contribution in [2.75, 3.05) is 19.0 Å².